The summed E-state index contributed by atoms with van der Waals surface area (Å²) in [5.74, 6) is -3.16. The maximum absolute atomic E-state index is 12.5. The van der Waals surface area contributed by atoms with Gasteiger partial charge in [0.05, 0.1) is 45.0 Å². The molecular formula is C29H29NO10. The van der Waals surface area contributed by atoms with Gasteiger partial charge in [0.25, 0.3) is 5.69 Å². The maximum atomic E-state index is 12.5. The van der Waals surface area contributed by atoms with Crippen LogP contribution in [0.1, 0.15) is 40.4 Å². The molecule has 210 valence electrons. The molecule has 1 aliphatic heterocycles. The molecular weight excluding hydrogens is 522 g/mol. The molecule has 1 aliphatic rings. The van der Waals surface area contributed by atoms with Gasteiger partial charge < -0.3 is 28.4 Å². The zero-order valence-electron chi connectivity index (χ0n) is 22.2. The van der Waals surface area contributed by atoms with Crippen LogP contribution in [0.25, 0.3) is 0 Å². The molecule has 0 unspecified atom stereocenters. The summed E-state index contributed by atoms with van der Waals surface area (Å²) in [5, 5.41) is 12.3. The van der Waals surface area contributed by atoms with Crippen molar-refractivity contribution >= 4 is 17.6 Å². The molecule has 3 aromatic rings. The third kappa shape index (κ3) is 6.38. The minimum absolute atomic E-state index is 0.00553. The van der Waals surface area contributed by atoms with Crippen LogP contribution in [0.4, 0.5) is 5.69 Å². The lowest BCUT2D eigenvalue weighted by Gasteiger charge is -2.31. The number of benzene rings is 3. The molecule has 0 bridgehead atoms. The highest BCUT2D eigenvalue weighted by Crippen LogP contribution is 2.42. The quantitative estimate of drug-likeness (QED) is 0.154. The monoisotopic (exact) mass is 551 g/mol. The summed E-state index contributed by atoms with van der Waals surface area (Å²) < 4.78 is 32.7. The number of esters is 2. The number of hydrogen-bond acceptors (Lipinski definition) is 10. The van der Waals surface area contributed by atoms with Crippen molar-refractivity contribution in [3.8, 4) is 11.5 Å². The topological polar surface area (TPSA) is 133 Å². The minimum atomic E-state index is -1.54. The number of hydrogen-bond donors (Lipinski definition) is 0. The van der Waals surface area contributed by atoms with Crippen molar-refractivity contribution < 1.29 is 42.9 Å². The molecule has 0 N–H and O–H groups in total. The smallest absolute Gasteiger partial charge is 0.324 e. The Morgan fingerprint density at radius 1 is 0.950 bits per heavy atom. The zero-order valence-corrected chi connectivity index (χ0v) is 22.2. The van der Waals surface area contributed by atoms with Crippen LogP contribution in [-0.4, -0.2) is 51.4 Å². The van der Waals surface area contributed by atoms with Gasteiger partial charge in [-0.1, -0.05) is 42.5 Å². The molecule has 0 atom stereocenters. The van der Waals surface area contributed by atoms with Gasteiger partial charge in [0, 0.05) is 17.5 Å². The molecule has 1 heterocycles. The maximum Gasteiger partial charge on any atom is 0.324 e. The first-order valence-corrected chi connectivity index (χ1v) is 12.4. The van der Waals surface area contributed by atoms with Gasteiger partial charge in [-0.05, 0) is 29.3 Å². The lowest BCUT2D eigenvalue weighted by molar-refractivity contribution is -0.386. The van der Waals surface area contributed by atoms with Gasteiger partial charge in [-0.15, -0.1) is 0 Å². The molecule has 0 saturated carbocycles. The second kappa shape index (κ2) is 13.0. The van der Waals surface area contributed by atoms with Crippen LogP contribution in [-0.2, 0) is 35.1 Å². The number of nitrogens with zero attached hydrogens (tertiary/aromatic N) is 1. The number of rotatable bonds is 10. The van der Waals surface area contributed by atoms with E-state index in [9.17, 15) is 19.7 Å². The summed E-state index contributed by atoms with van der Waals surface area (Å²) in [7, 11) is 3.80. The second-order valence-corrected chi connectivity index (χ2v) is 8.93. The fourth-order valence-electron chi connectivity index (χ4n) is 4.44. The summed E-state index contributed by atoms with van der Waals surface area (Å²) in [4.78, 5) is 36.7. The van der Waals surface area contributed by atoms with Crippen LogP contribution in [0.15, 0.2) is 66.7 Å². The van der Waals surface area contributed by atoms with E-state index in [0.29, 0.717) is 5.75 Å². The Morgan fingerprint density at radius 3 is 2.12 bits per heavy atom. The van der Waals surface area contributed by atoms with Gasteiger partial charge in [0.1, 0.15) is 18.1 Å². The van der Waals surface area contributed by atoms with Crippen molar-refractivity contribution in [1.82, 2.24) is 0 Å². The van der Waals surface area contributed by atoms with Crippen molar-refractivity contribution in [2.45, 2.75) is 24.7 Å². The Bertz CT molecular complexity index is 1320. The van der Waals surface area contributed by atoms with Crippen LogP contribution in [0.3, 0.4) is 0 Å². The normalized spacial score (nSPS) is 16.7. The number of nitro benzene ring substituents is 1. The fraction of sp³-hybridized carbons (Fsp3) is 0.310. The minimum Gasteiger partial charge on any atom is -0.497 e. The Hall–Kier alpha value is -4.48. The Morgan fingerprint density at radius 2 is 1.57 bits per heavy atom. The van der Waals surface area contributed by atoms with E-state index >= 15 is 0 Å². The predicted octanol–water partition coefficient (Wildman–Crippen LogP) is 4.44. The standard InChI is InChI=1S/C29H29NO10/c1-35-22-11-9-19(10-12-22)29-39-16-21(17-40-29)25-23(30(33)34)13-20(26(27(31)36-2)28(32)37-3)14-24(25)38-15-18-7-5-4-6-8-18/h4-14,21,26,29H,15-17H2,1-3H3. The molecule has 11 nitrogen and oxygen atoms in total. The molecule has 11 heteroatoms. The number of ether oxygens (including phenoxy) is 6. The Labute approximate surface area is 230 Å². The molecule has 3 aromatic carbocycles. The summed E-state index contributed by atoms with van der Waals surface area (Å²) in [6.45, 7) is 0.268. The molecule has 0 aromatic heterocycles. The number of methoxy groups -OCH3 is 3. The summed E-state index contributed by atoms with van der Waals surface area (Å²) in [6.07, 6.45) is -0.669. The van der Waals surface area contributed by atoms with Gasteiger partial charge in [0.2, 0.25) is 0 Å². The van der Waals surface area contributed by atoms with Gasteiger partial charge in [-0.2, -0.15) is 0 Å². The zero-order chi connectivity index (χ0) is 28.6. The second-order valence-electron chi connectivity index (χ2n) is 8.93. The van der Waals surface area contributed by atoms with E-state index < -0.39 is 35.0 Å². The highest BCUT2D eigenvalue weighted by molar-refractivity contribution is 6.01. The summed E-state index contributed by atoms with van der Waals surface area (Å²) >= 11 is 0. The number of carbonyl (C=O) groups excluding carboxylic acids is 2. The van der Waals surface area contributed by atoms with Crippen LogP contribution in [0.5, 0.6) is 11.5 Å². The third-order valence-corrected chi connectivity index (χ3v) is 6.48. The van der Waals surface area contributed by atoms with Crippen molar-refractivity contribution in [2.75, 3.05) is 34.5 Å². The SMILES string of the molecule is COC(=O)C(C(=O)OC)c1cc(OCc2ccccc2)c(C2COC(c3ccc(OC)cc3)OC2)c([N+](=O)[O-])c1. The molecule has 4 rings (SSSR count). The largest absolute Gasteiger partial charge is 0.497 e. The number of nitro groups is 1. The average Bonchev–Trinajstić information content (AvgIpc) is 3.00. The molecule has 40 heavy (non-hydrogen) atoms. The first kappa shape index (κ1) is 28.5. The molecule has 0 amide bonds. The van der Waals surface area contributed by atoms with E-state index in [4.69, 9.17) is 28.4 Å². The van der Waals surface area contributed by atoms with Gasteiger partial charge in [-0.3, -0.25) is 19.7 Å². The highest BCUT2D eigenvalue weighted by Gasteiger charge is 2.37. The van der Waals surface area contributed by atoms with Gasteiger partial charge in [-0.25, -0.2) is 0 Å². The van der Waals surface area contributed by atoms with Crippen LogP contribution < -0.4 is 9.47 Å². The lowest BCUT2D eigenvalue weighted by Crippen LogP contribution is -2.27. The van der Waals surface area contributed by atoms with E-state index in [2.05, 4.69) is 0 Å². The highest BCUT2D eigenvalue weighted by atomic mass is 16.7. The van der Waals surface area contributed by atoms with Crippen LogP contribution in [0.2, 0.25) is 0 Å². The summed E-state index contributed by atoms with van der Waals surface area (Å²) in [5.41, 5.74) is 1.47. The molecule has 1 saturated heterocycles. The molecule has 0 radical (unpaired) electrons. The number of carbonyl (C=O) groups is 2. The third-order valence-electron chi connectivity index (χ3n) is 6.48. The summed E-state index contributed by atoms with van der Waals surface area (Å²) in [6, 6.07) is 19.0. The van der Waals surface area contributed by atoms with Crippen molar-refractivity contribution in [2.24, 2.45) is 0 Å². The van der Waals surface area contributed by atoms with E-state index in [1.165, 1.54) is 12.1 Å². The van der Waals surface area contributed by atoms with Gasteiger partial charge in [0.15, 0.2) is 12.2 Å². The van der Waals surface area contributed by atoms with Crippen molar-refractivity contribution in [1.29, 1.82) is 0 Å². The average molecular weight is 552 g/mol. The van der Waals surface area contributed by atoms with E-state index in [1.54, 1.807) is 19.2 Å². The molecule has 1 fully saturated rings. The van der Waals surface area contributed by atoms with E-state index in [0.717, 1.165) is 25.3 Å². The van der Waals surface area contributed by atoms with Crippen LogP contribution in [0, 0.1) is 10.1 Å². The van der Waals surface area contributed by atoms with E-state index in [1.807, 2.05) is 42.5 Å². The van der Waals surface area contributed by atoms with Crippen molar-refractivity contribution in [3.05, 3.63) is 99.1 Å². The van der Waals surface area contributed by atoms with Crippen molar-refractivity contribution in [3.63, 3.8) is 0 Å². The Balaban J connectivity index is 1.71. The predicted molar refractivity (Wildman–Crippen MR) is 141 cm³/mol. The van der Waals surface area contributed by atoms with Crippen LogP contribution >= 0.6 is 0 Å². The van der Waals surface area contributed by atoms with Gasteiger partial charge >= 0.3 is 11.9 Å². The fourth-order valence-corrected chi connectivity index (χ4v) is 4.44. The van der Waals surface area contributed by atoms with E-state index in [-0.39, 0.29) is 42.4 Å². The Kier molecular flexibility index (Phi) is 9.31. The first-order valence-electron chi connectivity index (χ1n) is 12.4. The molecule has 0 spiro atoms. The first-order chi connectivity index (χ1) is 19.4. The lowest BCUT2D eigenvalue weighted by atomic mass is 9.91. The molecule has 0 aliphatic carbocycles.